The number of rotatable bonds is 6. The Morgan fingerprint density at radius 2 is 1.93 bits per heavy atom. The third-order valence-electron chi connectivity index (χ3n) is 4.04. The number of para-hydroxylation sites is 1. The molecule has 6 heteroatoms. The molecule has 0 saturated carbocycles. The Hall–Kier alpha value is -2.86. The van der Waals surface area contributed by atoms with Gasteiger partial charge in [0.15, 0.2) is 6.61 Å². The van der Waals surface area contributed by atoms with Crippen LogP contribution in [-0.2, 0) is 4.79 Å². The molecule has 3 rings (SSSR count). The molecule has 0 aliphatic rings. The molecule has 138 valence electrons. The van der Waals surface area contributed by atoms with E-state index in [1.807, 2.05) is 50.2 Å². The average Bonchev–Trinajstić information content (AvgIpc) is 2.94. The normalized spacial score (nSPS) is 10.9. The van der Waals surface area contributed by atoms with Crippen LogP contribution < -0.4 is 10.2 Å². The molecule has 0 unspecified atom stereocenters. The van der Waals surface area contributed by atoms with E-state index in [4.69, 9.17) is 4.74 Å². The Balaban J connectivity index is 1.61. The van der Waals surface area contributed by atoms with Crippen molar-refractivity contribution in [2.75, 3.05) is 6.61 Å². The number of nitrogens with zero attached hydrogens (tertiary/aromatic N) is 2. The summed E-state index contributed by atoms with van der Waals surface area (Å²) in [5, 5.41) is 4.05. The Morgan fingerprint density at radius 1 is 1.15 bits per heavy atom. The molecule has 1 aromatic heterocycles. The minimum atomic E-state index is -0.317. The van der Waals surface area contributed by atoms with Gasteiger partial charge in [0.25, 0.3) is 5.91 Å². The summed E-state index contributed by atoms with van der Waals surface area (Å²) in [5.41, 5.74) is 6.70. The number of carbonyl (C=O) groups excluding carboxylic acids is 1. The standard InChI is InChI=1S/C21H20BrN3O2/c1-15-11-17(16(2)25(15)19-8-4-3-5-9-19)13-23-24-21(26)14-27-20-10-6-7-18(22)12-20/h3-13H,14H2,1-2H3,(H,24,26)/b23-13+. The summed E-state index contributed by atoms with van der Waals surface area (Å²) in [6, 6.07) is 19.5. The predicted octanol–water partition coefficient (Wildman–Crippen LogP) is 4.39. The highest BCUT2D eigenvalue weighted by Gasteiger charge is 2.09. The second kappa shape index (κ2) is 8.68. The highest BCUT2D eigenvalue weighted by Crippen LogP contribution is 2.19. The molecule has 1 heterocycles. The average molecular weight is 426 g/mol. The van der Waals surface area contributed by atoms with E-state index in [2.05, 4.69) is 43.2 Å². The summed E-state index contributed by atoms with van der Waals surface area (Å²) in [6.07, 6.45) is 1.65. The van der Waals surface area contributed by atoms with Crippen LogP contribution in [0.15, 0.2) is 70.2 Å². The Labute approximate surface area is 166 Å². The molecule has 3 aromatic rings. The summed E-state index contributed by atoms with van der Waals surface area (Å²) in [7, 11) is 0. The molecule has 1 amide bonds. The van der Waals surface area contributed by atoms with E-state index < -0.39 is 0 Å². The number of benzene rings is 2. The van der Waals surface area contributed by atoms with Gasteiger partial charge < -0.3 is 9.30 Å². The fraction of sp³-hybridized carbons (Fsp3) is 0.143. The van der Waals surface area contributed by atoms with Gasteiger partial charge in [0.05, 0.1) is 6.21 Å². The first kappa shape index (κ1) is 18.9. The van der Waals surface area contributed by atoms with E-state index in [9.17, 15) is 4.79 Å². The monoisotopic (exact) mass is 425 g/mol. The van der Waals surface area contributed by atoms with E-state index in [0.29, 0.717) is 5.75 Å². The minimum absolute atomic E-state index is 0.100. The third-order valence-corrected chi connectivity index (χ3v) is 4.54. The van der Waals surface area contributed by atoms with Crippen LogP contribution >= 0.6 is 15.9 Å². The van der Waals surface area contributed by atoms with Gasteiger partial charge in [0, 0.05) is 27.1 Å². The number of aromatic nitrogens is 1. The quantitative estimate of drug-likeness (QED) is 0.470. The maximum atomic E-state index is 11.9. The van der Waals surface area contributed by atoms with Crippen LogP contribution in [0.3, 0.4) is 0 Å². The van der Waals surface area contributed by atoms with Gasteiger partial charge in [0.1, 0.15) is 5.75 Å². The van der Waals surface area contributed by atoms with E-state index in [-0.39, 0.29) is 12.5 Å². The molecule has 1 N–H and O–H groups in total. The molecule has 0 bridgehead atoms. The molecule has 5 nitrogen and oxygen atoms in total. The first-order valence-electron chi connectivity index (χ1n) is 8.49. The van der Waals surface area contributed by atoms with E-state index >= 15 is 0 Å². The lowest BCUT2D eigenvalue weighted by Crippen LogP contribution is -2.24. The molecule has 2 aromatic carbocycles. The summed E-state index contributed by atoms with van der Waals surface area (Å²) in [5.74, 6) is 0.304. The first-order valence-corrected chi connectivity index (χ1v) is 9.28. The number of hydrazone groups is 1. The lowest BCUT2D eigenvalue weighted by atomic mass is 10.2. The molecule has 0 fully saturated rings. The lowest BCUT2D eigenvalue weighted by molar-refractivity contribution is -0.123. The van der Waals surface area contributed by atoms with Gasteiger partial charge in [0.2, 0.25) is 0 Å². The third kappa shape index (κ3) is 4.86. The molecule has 0 atom stereocenters. The zero-order valence-electron chi connectivity index (χ0n) is 15.1. The van der Waals surface area contributed by atoms with Gasteiger partial charge in [-0.25, -0.2) is 5.43 Å². The van der Waals surface area contributed by atoms with Gasteiger partial charge in [-0.2, -0.15) is 5.10 Å². The largest absolute Gasteiger partial charge is 0.484 e. The van der Waals surface area contributed by atoms with Crippen LogP contribution in [0.1, 0.15) is 17.0 Å². The maximum Gasteiger partial charge on any atom is 0.277 e. The van der Waals surface area contributed by atoms with Crippen molar-refractivity contribution in [1.82, 2.24) is 9.99 Å². The molecular formula is C21H20BrN3O2. The summed E-state index contributed by atoms with van der Waals surface area (Å²) < 4.78 is 8.48. The molecular weight excluding hydrogens is 406 g/mol. The maximum absolute atomic E-state index is 11.9. The van der Waals surface area contributed by atoms with Crippen LogP contribution in [0.4, 0.5) is 0 Å². The van der Waals surface area contributed by atoms with Crippen molar-refractivity contribution >= 4 is 28.1 Å². The molecule has 0 spiro atoms. The van der Waals surface area contributed by atoms with Crippen LogP contribution in [0.2, 0.25) is 0 Å². The van der Waals surface area contributed by atoms with Crippen LogP contribution in [0.5, 0.6) is 5.75 Å². The van der Waals surface area contributed by atoms with Gasteiger partial charge in [-0.3, -0.25) is 4.79 Å². The van der Waals surface area contributed by atoms with Crippen LogP contribution in [0, 0.1) is 13.8 Å². The van der Waals surface area contributed by atoms with Gasteiger partial charge in [-0.1, -0.05) is 40.2 Å². The molecule has 27 heavy (non-hydrogen) atoms. The molecule has 0 aliphatic heterocycles. The highest BCUT2D eigenvalue weighted by atomic mass is 79.9. The van der Waals surface area contributed by atoms with Crippen LogP contribution in [-0.4, -0.2) is 23.3 Å². The minimum Gasteiger partial charge on any atom is -0.484 e. The fourth-order valence-electron chi connectivity index (χ4n) is 2.80. The fourth-order valence-corrected chi connectivity index (χ4v) is 3.18. The van der Waals surface area contributed by atoms with Gasteiger partial charge in [-0.15, -0.1) is 0 Å². The number of halogens is 1. The number of carbonyl (C=O) groups is 1. The van der Waals surface area contributed by atoms with Crippen molar-refractivity contribution in [1.29, 1.82) is 0 Å². The molecule has 0 aliphatic carbocycles. The smallest absolute Gasteiger partial charge is 0.277 e. The Kier molecular flexibility index (Phi) is 6.08. The zero-order chi connectivity index (χ0) is 19.2. The van der Waals surface area contributed by atoms with Crippen molar-refractivity contribution in [3.63, 3.8) is 0 Å². The number of hydrogen-bond donors (Lipinski definition) is 1. The highest BCUT2D eigenvalue weighted by molar-refractivity contribution is 9.10. The summed E-state index contributed by atoms with van der Waals surface area (Å²) in [4.78, 5) is 11.9. The van der Waals surface area contributed by atoms with Crippen LogP contribution in [0.25, 0.3) is 5.69 Å². The zero-order valence-corrected chi connectivity index (χ0v) is 16.7. The van der Waals surface area contributed by atoms with E-state index in [0.717, 1.165) is 27.1 Å². The number of amides is 1. The number of hydrogen-bond acceptors (Lipinski definition) is 3. The molecule has 0 saturated heterocycles. The van der Waals surface area contributed by atoms with Crippen molar-refractivity contribution in [3.8, 4) is 11.4 Å². The van der Waals surface area contributed by atoms with E-state index in [1.54, 1.807) is 18.3 Å². The summed E-state index contributed by atoms with van der Waals surface area (Å²) in [6.45, 7) is 3.97. The second-order valence-corrected chi connectivity index (χ2v) is 6.95. The Bertz CT molecular complexity index is 965. The first-order chi connectivity index (χ1) is 13.0. The predicted molar refractivity (Wildman–Crippen MR) is 111 cm³/mol. The van der Waals surface area contributed by atoms with Crippen molar-refractivity contribution < 1.29 is 9.53 Å². The SMILES string of the molecule is Cc1cc(/C=N/NC(=O)COc2cccc(Br)c2)c(C)n1-c1ccccc1. The van der Waals surface area contributed by atoms with Crippen molar-refractivity contribution in [2.45, 2.75) is 13.8 Å². The Morgan fingerprint density at radius 3 is 2.67 bits per heavy atom. The van der Waals surface area contributed by atoms with Gasteiger partial charge >= 0.3 is 0 Å². The molecule has 0 radical (unpaired) electrons. The summed E-state index contributed by atoms with van der Waals surface area (Å²) >= 11 is 3.36. The lowest BCUT2D eigenvalue weighted by Gasteiger charge is -2.09. The number of ether oxygens (including phenoxy) is 1. The number of nitrogens with one attached hydrogen (secondary N) is 1. The van der Waals surface area contributed by atoms with Crippen molar-refractivity contribution in [2.24, 2.45) is 5.10 Å². The van der Waals surface area contributed by atoms with E-state index in [1.165, 1.54) is 0 Å². The topological polar surface area (TPSA) is 55.6 Å². The second-order valence-electron chi connectivity index (χ2n) is 6.04. The van der Waals surface area contributed by atoms with Gasteiger partial charge in [-0.05, 0) is 50.2 Å². The van der Waals surface area contributed by atoms with Crippen molar-refractivity contribution in [3.05, 3.63) is 82.1 Å². The number of aryl methyl sites for hydroxylation is 1.